The second kappa shape index (κ2) is 5.79. The zero-order valence-corrected chi connectivity index (χ0v) is 13.3. The van der Waals surface area contributed by atoms with E-state index >= 15 is 0 Å². The predicted molar refractivity (Wildman–Crippen MR) is 86.9 cm³/mol. The molecule has 6 heteroatoms. The third-order valence-corrected chi connectivity index (χ3v) is 5.03. The van der Waals surface area contributed by atoms with Gasteiger partial charge in [-0.1, -0.05) is 12.1 Å². The van der Waals surface area contributed by atoms with Gasteiger partial charge >= 0.3 is 0 Å². The number of rotatable bonds is 3. The van der Waals surface area contributed by atoms with Gasteiger partial charge in [-0.25, -0.2) is 4.98 Å². The molecule has 0 aliphatic carbocycles. The summed E-state index contributed by atoms with van der Waals surface area (Å²) >= 11 is 1.69. The minimum Gasteiger partial charge on any atom is -0.368 e. The van der Waals surface area contributed by atoms with Crippen molar-refractivity contribution in [2.45, 2.75) is 19.6 Å². The van der Waals surface area contributed by atoms with Gasteiger partial charge in [-0.15, -0.1) is 11.3 Å². The Hall–Kier alpha value is -1.76. The molecule has 0 saturated carbocycles. The Morgan fingerprint density at radius 3 is 3.27 bits per heavy atom. The molecule has 3 aromatic rings. The number of ether oxygens (including phenoxy) is 1. The molecular weight excluding hydrogens is 296 g/mol. The highest BCUT2D eigenvalue weighted by molar-refractivity contribution is 7.09. The van der Waals surface area contributed by atoms with Crippen LogP contribution in [0.3, 0.4) is 0 Å². The average molecular weight is 314 g/mol. The van der Waals surface area contributed by atoms with Gasteiger partial charge in [-0.3, -0.25) is 10.00 Å². The summed E-state index contributed by atoms with van der Waals surface area (Å²) in [4.78, 5) is 7.00. The largest absolute Gasteiger partial charge is 0.368 e. The molecule has 5 nitrogen and oxygen atoms in total. The van der Waals surface area contributed by atoms with Gasteiger partial charge in [0.25, 0.3) is 0 Å². The van der Waals surface area contributed by atoms with Crippen molar-refractivity contribution >= 4 is 22.2 Å². The van der Waals surface area contributed by atoms with E-state index in [1.165, 1.54) is 5.56 Å². The molecule has 0 bridgehead atoms. The van der Waals surface area contributed by atoms with Gasteiger partial charge in [0, 0.05) is 36.1 Å². The summed E-state index contributed by atoms with van der Waals surface area (Å²) in [6.45, 7) is 5.57. The number of morpholine rings is 1. The van der Waals surface area contributed by atoms with Crippen molar-refractivity contribution in [3.63, 3.8) is 0 Å². The minimum atomic E-state index is 0.100. The van der Waals surface area contributed by atoms with Crippen molar-refractivity contribution in [2.75, 3.05) is 19.7 Å². The molecular formula is C16H18N4OS. The number of aromatic nitrogens is 3. The van der Waals surface area contributed by atoms with Crippen molar-refractivity contribution in [3.8, 4) is 0 Å². The summed E-state index contributed by atoms with van der Waals surface area (Å²) in [6.07, 6.45) is 1.96. The van der Waals surface area contributed by atoms with Crippen LogP contribution in [0.2, 0.25) is 0 Å². The number of hydrogen-bond donors (Lipinski definition) is 1. The number of H-pyrrole nitrogens is 1. The van der Waals surface area contributed by atoms with E-state index in [4.69, 9.17) is 4.74 Å². The fourth-order valence-corrected chi connectivity index (χ4v) is 3.69. The lowest BCUT2D eigenvalue weighted by Crippen LogP contribution is -2.37. The Balaban J connectivity index is 1.47. The highest BCUT2D eigenvalue weighted by atomic mass is 32.1. The summed E-state index contributed by atoms with van der Waals surface area (Å²) < 4.78 is 5.89. The van der Waals surface area contributed by atoms with E-state index < -0.39 is 0 Å². The minimum absolute atomic E-state index is 0.100. The molecule has 3 heterocycles. The number of aryl methyl sites for hydroxylation is 1. The highest BCUT2D eigenvalue weighted by Gasteiger charge is 2.24. The van der Waals surface area contributed by atoms with Gasteiger partial charge in [-0.2, -0.15) is 5.10 Å². The van der Waals surface area contributed by atoms with E-state index in [0.717, 1.165) is 47.8 Å². The molecule has 4 rings (SSSR count). The van der Waals surface area contributed by atoms with Gasteiger partial charge in [0.15, 0.2) is 0 Å². The molecule has 1 aliphatic rings. The van der Waals surface area contributed by atoms with Crippen LogP contribution in [0.4, 0.5) is 0 Å². The Morgan fingerprint density at radius 1 is 1.45 bits per heavy atom. The number of benzene rings is 1. The van der Waals surface area contributed by atoms with E-state index in [0.29, 0.717) is 0 Å². The van der Waals surface area contributed by atoms with Crippen molar-refractivity contribution in [1.29, 1.82) is 0 Å². The summed E-state index contributed by atoms with van der Waals surface area (Å²) in [7, 11) is 0. The van der Waals surface area contributed by atoms with Crippen LogP contribution >= 0.6 is 11.3 Å². The van der Waals surface area contributed by atoms with E-state index in [1.54, 1.807) is 11.3 Å². The first-order valence-corrected chi connectivity index (χ1v) is 8.34. The highest BCUT2D eigenvalue weighted by Crippen LogP contribution is 2.26. The molecule has 1 atom stereocenters. The first-order chi connectivity index (χ1) is 10.8. The monoisotopic (exact) mass is 314 g/mol. The van der Waals surface area contributed by atoms with Crippen LogP contribution in [-0.4, -0.2) is 39.8 Å². The molecule has 0 radical (unpaired) electrons. The zero-order valence-electron chi connectivity index (χ0n) is 12.5. The Bertz CT molecular complexity index is 781. The third kappa shape index (κ3) is 2.77. The molecule has 22 heavy (non-hydrogen) atoms. The Kier molecular flexibility index (Phi) is 3.65. The van der Waals surface area contributed by atoms with Crippen LogP contribution < -0.4 is 0 Å². The fourth-order valence-electron chi connectivity index (χ4n) is 2.86. The van der Waals surface area contributed by atoms with Crippen molar-refractivity contribution in [1.82, 2.24) is 20.1 Å². The SMILES string of the molecule is Cc1csc([C@H]2CN(Cc3ccc4cn[nH]c4c3)CCO2)n1. The predicted octanol–water partition coefficient (Wildman–Crippen LogP) is 2.90. The quantitative estimate of drug-likeness (QED) is 0.807. The number of hydrogen-bond acceptors (Lipinski definition) is 5. The Morgan fingerprint density at radius 2 is 2.41 bits per heavy atom. The topological polar surface area (TPSA) is 54.0 Å². The summed E-state index contributed by atoms with van der Waals surface area (Å²) in [5, 5.41) is 11.4. The normalized spacial score (nSPS) is 19.8. The number of nitrogens with one attached hydrogen (secondary N) is 1. The zero-order chi connectivity index (χ0) is 14.9. The lowest BCUT2D eigenvalue weighted by molar-refractivity contribution is -0.0330. The summed E-state index contributed by atoms with van der Waals surface area (Å²) in [5.41, 5.74) is 3.47. The molecule has 1 N–H and O–H groups in total. The van der Waals surface area contributed by atoms with E-state index in [9.17, 15) is 0 Å². The standard InChI is InChI=1S/C16H18N4OS/c1-11-10-22-16(18-11)15-9-20(4-5-21-15)8-12-2-3-13-7-17-19-14(13)6-12/h2-3,6-7,10,15H,4-5,8-9H2,1H3,(H,17,19)/t15-/m1/s1. The van der Waals surface area contributed by atoms with Crippen LogP contribution in [0.1, 0.15) is 22.4 Å². The van der Waals surface area contributed by atoms with Crippen LogP contribution in [0.25, 0.3) is 10.9 Å². The number of aromatic amines is 1. The molecule has 0 amide bonds. The van der Waals surface area contributed by atoms with Gasteiger partial charge in [0.1, 0.15) is 11.1 Å². The van der Waals surface area contributed by atoms with E-state index in [1.807, 2.05) is 13.1 Å². The van der Waals surface area contributed by atoms with E-state index in [-0.39, 0.29) is 6.10 Å². The molecule has 1 aromatic carbocycles. The molecule has 0 spiro atoms. The van der Waals surface area contributed by atoms with Crippen molar-refractivity contribution in [2.24, 2.45) is 0 Å². The van der Waals surface area contributed by atoms with Crippen LogP contribution in [-0.2, 0) is 11.3 Å². The van der Waals surface area contributed by atoms with Crippen LogP contribution in [0, 0.1) is 6.92 Å². The number of thiazole rings is 1. The molecule has 1 fully saturated rings. The lowest BCUT2D eigenvalue weighted by Gasteiger charge is -2.32. The summed E-state index contributed by atoms with van der Waals surface area (Å²) in [5.74, 6) is 0. The van der Waals surface area contributed by atoms with Crippen LogP contribution in [0.15, 0.2) is 29.8 Å². The second-order valence-corrected chi connectivity index (χ2v) is 6.60. The molecule has 2 aromatic heterocycles. The van der Waals surface area contributed by atoms with Crippen LogP contribution in [0.5, 0.6) is 0 Å². The molecule has 1 aliphatic heterocycles. The number of nitrogens with zero attached hydrogens (tertiary/aromatic N) is 3. The maximum Gasteiger partial charge on any atom is 0.123 e. The Labute approximate surface area is 132 Å². The fraction of sp³-hybridized carbons (Fsp3) is 0.375. The van der Waals surface area contributed by atoms with Gasteiger partial charge in [-0.05, 0) is 18.6 Å². The van der Waals surface area contributed by atoms with Gasteiger partial charge < -0.3 is 4.74 Å². The molecule has 1 saturated heterocycles. The third-order valence-electron chi connectivity index (χ3n) is 3.98. The maximum absolute atomic E-state index is 5.89. The molecule has 0 unspecified atom stereocenters. The van der Waals surface area contributed by atoms with Gasteiger partial charge in [0.2, 0.25) is 0 Å². The first-order valence-electron chi connectivity index (χ1n) is 7.46. The second-order valence-electron chi connectivity index (χ2n) is 5.71. The molecule has 114 valence electrons. The number of fused-ring (bicyclic) bond motifs is 1. The van der Waals surface area contributed by atoms with Gasteiger partial charge in [0.05, 0.1) is 18.3 Å². The lowest BCUT2D eigenvalue weighted by atomic mass is 10.1. The first kappa shape index (κ1) is 13.9. The maximum atomic E-state index is 5.89. The van der Waals surface area contributed by atoms with Crippen molar-refractivity contribution < 1.29 is 4.74 Å². The van der Waals surface area contributed by atoms with Crippen molar-refractivity contribution in [3.05, 3.63) is 46.0 Å². The summed E-state index contributed by atoms with van der Waals surface area (Å²) in [6, 6.07) is 6.48. The van der Waals surface area contributed by atoms with E-state index in [2.05, 4.69) is 43.7 Å². The smallest absolute Gasteiger partial charge is 0.123 e. The average Bonchev–Trinajstić information content (AvgIpc) is 3.16.